The van der Waals surface area contributed by atoms with Crippen molar-refractivity contribution in [3.05, 3.63) is 46.6 Å². The number of nitrogens with one attached hydrogen (secondary N) is 1. The molecule has 6 nitrogen and oxygen atoms in total. The number of nitrogens with zero attached hydrogens (tertiary/aromatic N) is 3. The molecular formula is C26H35ClN4O2. The van der Waals surface area contributed by atoms with Crippen LogP contribution < -0.4 is 5.32 Å². The van der Waals surface area contributed by atoms with Crippen LogP contribution in [0.1, 0.15) is 44.6 Å². The van der Waals surface area contributed by atoms with Crippen LogP contribution in [0.3, 0.4) is 0 Å². The van der Waals surface area contributed by atoms with Crippen LogP contribution in [0.5, 0.6) is 5.75 Å². The zero-order chi connectivity index (χ0) is 23.2. The second kappa shape index (κ2) is 8.88. The van der Waals surface area contributed by atoms with Crippen molar-refractivity contribution in [1.29, 1.82) is 0 Å². The standard InChI is InChI=1S/C26H35ClN4O2/c1-3-23(18-5-4-6-18)31-16-19(17-31)29-9-11-30(12-10-29)25(33)15-28-22-13-20(26(2)7-8-26)21(27)14-24(22)32/h3,13-14,19,28,32H,1,4-12,15-17H2,2H3. The van der Waals surface area contributed by atoms with Gasteiger partial charge in [0.05, 0.1) is 12.2 Å². The fourth-order valence-corrected chi connectivity index (χ4v) is 5.62. The minimum atomic E-state index is 0.0714. The molecule has 1 aromatic carbocycles. The van der Waals surface area contributed by atoms with E-state index < -0.39 is 0 Å². The molecule has 0 atom stereocenters. The minimum absolute atomic E-state index is 0.0714. The second-order valence-electron chi connectivity index (χ2n) is 10.3. The van der Waals surface area contributed by atoms with Gasteiger partial charge >= 0.3 is 0 Å². The summed E-state index contributed by atoms with van der Waals surface area (Å²) in [7, 11) is 0. The van der Waals surface area contributed by atoms with E-state index in [1.54, 1.807) is 11.6 Å². The number of phenols is 1. The smallest absolute Gasteiger partial charge is 0.241 e. The number of hydrogen-bond acceptors (Lipinski definition) is 5. The van der Waals surface area contributed by atoms with E-state index in [0.29, 0.717) is 16.8 Å². The zero-order valence-electron chi connectivity index (χ0n) is 19.6. The number of rotatable bonds is 7. The molecule has 1 amide bonds. The van der Waals surface area contributed by atoms with E-state index in [0.717, 1.165) is 57.7 Å². The quantitative estimate of drug-likeness (QED) is 0.591. The van der Waals surface area contributed by atoms with Gasteiger partial charge in [0, 0.05) is 62.1 Å². The van der Waals surface area contributed by atoms with E-state index in [-0.39, 0.29) is 23.6 Å². The summed E-state index contributed by atoms with van der Waals surface area (Å²) in [4.78, 5) is 19.7. The highest BCUT2D eigenvalue weighted by molar-refractivity contribution is 6.31. The van der Waals surface area contributed by atoms with Crippen molar-refractivity contribution in [3.8, 4) is 5.75 Å². The Balaban J connectivity index is 1.09. The fourth-order valence-electron chi connectivity index (χ4n) is 5.23. The van der Waals surface area contributed by atoms with Crippen molar-refractivity contribution in [2.45, 2.75) is 50.5 Å². The number of halogens is 1. The summed E-state index contributed by atoms with van der Waals surface area (Å²) in [6, 6.07) is 4.07. The number of likely N-dealkylation sites (tertiary alicyclic amines) is 1. The van der Waals surface area contributed by atoms with Gasteiger partial charge in [-0.2, -0.15) is 0 Å². The average molecular weight is 471 g/mol. The van der Waals surface area contributed by atoms with Crippen molar-refractivity contribution in [2.75, 3.05) is 51.1 Å². The largest absolute Gasteiger partial charge is 0.506 e. The lowest BCUT2D eigenvalue weighted by Gasteiger charge is -2.50. The molecule has 2 heterocycles. The highest BCUT2D eigenvalue weighted by atomic mass is 35.5. The summed E-state index contributed by atoms with van der Waals surface area (Å²) in [6.45, 7) is 11.9. The van der Waals surface area contributed by atoms with E-state index in [9.17, 15) is 9.90 Å². The Hall–Kier alpha value is -2.18. The van der Waals surface area contributed by atoms with Crippen LogP contribution >= 0.6 is 11.6 Å². The maximum atomic E-state index is 12.8. The molecule has 2 aliphatic carbocycles. The van der Waals surface area contributed by atoms with E-state index >= 15 is 0 Å². The molecule has 0 radical (unpaired) electrons. The van der Waals surface area contributed by atoms with Gasteiger partial charge in [0.1, 0.15) is 5.75 Å². The lowest BCUT2D eigenvalue weighted by Crippen LogP contribution is -2.63. The molecule has 1 aromatic rings. The molecule has 0 bridgehead atoms. The average Bonchev–Trinajstić information content (AvgIpc) is 3.48. The van der Waals surface area contributed by atoms with Gasteiger partial charge in [0.25, 0.3) is 0 Å². The number of allylic oxidation sites excluding steroid dienone is 2. The number of piperazine rings is 1. The molecular weight excluding hydrogens is 436 g/mol. The summed E-state index contributed by atoms with van der Waals surface area (Å²) in [5.74, 6) is 0.165. The maximum Gasteiger partial charge on any atom is 0.241 e. The Kier molecular flexibility index (Phi) is 6.08. The Morgan fingerprint density at radius 2 is 1.91 bits per heavy atom. The van der Waals surface area contributed by atoms with Crippen molar-refractivity contribution in [2.24, 2.45) is 0 Å². The molecule has 0 spiro atoms. The summed E-state index contributed by atoms with van der Waals surface area (Å²) in [6.07, 6.45) is 8.00. The molecule has 2 saturated heterocycles. The van der Waals surface area contributed by atoms with Gasteiger partial charge in [0.2, 0.25) is 5.91 Å². The second-order valence-corrected chi connectivity index (χ2v) is 10.7. The van der Waals surface area contributed by atoms with Gasteiger partial charge in [-0.25, -0.2) is 0 Å². The van der Waals surface area contributed by atoms with Gasteiger partial charge < -0.3 is 20.2 Å². The van der Waals surface area contributed by atoms with Crippen LogP contribution in [0.15, 0.2) is 36.1 Å². The van der Waals surface area contributed by atoms with Crippen LogP contribution in [0, 0.1) is 0 Å². The zero-order valence-corrected chi connectivity index (χ0v) is 20.3. The first-order valence-electron chi connectivity index (χ1n) is 12.3. The fraction of sp³-hybridized carbons (Fsp3) is 0.577. The van der Waals surface area contributed by atoms with Gasteiger partial charge in [0.15, 0.2) is 0 Å². The molecule has 7 heteroatoms. The van der Waals surface area contributed by atoms with Crippen LogP contribution in [0.25, 0.3) is 0 Å². The molecule has 4 fully saturated rings. The lowest BCUT2D eigenvalue weighted by molar-refractivity contribution is -0.131. The van der Waals surface area contributed by atoms with Crippen molar-refractivity contribution in [3.63, 3.8) is 0 Å². The third-order valence-corrected chi connectivity index (χ3v) is 8.38. The summed E-state index contributed by atoms with van der Waals surface area (Å²) >= 11 is 6.35. The van der Waals surface area contributed by atoms with Gasteiger partial charge in [-0.1, -0.05) is 25.1 Å². The molecule has 4 aliphatic rings. The third-order valence-electron chi connectivity index (χ3n) is 8.06. The van der Waals surface area contributed by atoms with Crippen LogP contribution in [0.4, 0.5) is 5.69 Å². The van der Waals surface area contributed by atoms with Crippen molar-refractivity contribution in [1.82, 2.24) is 14.7 Å². The molecule has 33 heavy (non-hydrogen) atoms. The highest BCUT2D eigenvalue weighted by Gasteiger charge is 2.41. The number of aromatic hydroxyl groups is 1. The first-order chi connectivity index (χ1) is 15.9. The van der Waals surface area contributed by atoms with Crippen LogP contribution in [-0.2, 0) is 10.2 Å². The summed E-state index contributed by atoms with van der Waals surface area (Å²) in [5, 5.41) is 14.0. The number of anilines is 1. The van der Waals surface area contributed by atoms with E-state index in [4.69, 9.17) is 11.6 Å². The number of carbonyl (C=O) groups is 1. The van der Waals surface area contributed by atoms with Crippen LogP contribution in [0.2, 0.25) is 5.02 Å². The minimum Gasteiger partial charge on any atom is -0.506 e. The monoisotopic (exact) mass is 470 g/mol. The predicted molar refractivity (Wildman–Crippen MR) is 133 cm³/mol. The molecule has 2 N–H and O–H groups in total. The number of carbonyl (C=O) groups excluding carboxylic acids is 1. The van der Waals surface area contributed by atoms with Gasteiger partial charge in [-0.05, 0) is 60.8 Å². The first kappa shape index (κ1) is 22.6. The van der Waals surface area contributed by atoms with E-state index in [1.165, 1.54) is 25.0 Å². The van der Waals surface area contributed by atoms with Crippen molar-refractivity contribution < 1.29 is 9.90 Å². The number of phenolic OH excluding ortho intramolecular Hbond substituents is 1. The van der Waals surface area contributed by atoms with E-state index in [2.05, 4.69) is 28.6 Å². The third kappa shape index (κ3) is 4.47. The predicted octanol–water partition coefficient (Wildman–Crippen LogP) is 3.96. The SMILES string of the molecule is C=CC(=C1CCC1)N1CC(N2CCN(C(=O)CNc3cc(C4(C)CC4)c(Cl)cc3O)CC2)C1. The van der Waals surface area contributed by atoms with Crippen LogP contribution in [-0.4, -0.2) is 77.6 Å². The summed E-state index contributed by atoms with van der Waals surface area (Å²) < 4.78 is 0. The molecule has 0 aromatic heterocycles. The number of benzene rings is 1. The van der Waals surface area contributed by atoms with Crippen molar-refractivity contribution >= 4 is 23.2 Å². The Labute approximate surface area is 201 Å². The Morgan fingerprint density at radius 1 is 1.21 bits per heavy atom. The Bertz CT molecular complexity index is 967. The molecule has 178 valence electrons. The normalized spacial score (nSPS) is 22.4. The summed E-state index contributed by atoms with van der Waals surface area (Å²) in [5.41, 5.74) is 4.66. The molecule has 2 aliphatic heterocycles. The number of amides is 1. The van der Waals surface area contributed by atoms with Gasteiger partial charge in [-0.3, -0.25) is 9.69 Å². The Morgan fingerprint density at radius 3 is 2.48 bits per heavy atom. The van der Waals surface area contributed by atoms with E-state index in [1.807, 2.05) is 17.0 Å². The van der Waals surface area contributed by atoms with Gasteiger partial charge in [-0.15, -0.1) is 0 Å². The highest BCUT2D eigenvalue weighted by Crippen LogP contribution is 2.51. The topological polar surface area (TPSA) is 59.0 Å². The molecule has 5 rings (SSSR count). The lowest BCUT2D eigenvalue weighted by atomic mass is 9.88. The molecule has 0 unspecified atom stereocenters. The first-order valence-corrected chi connectivity index (χ1v) is 12.6. The number of hydrogen-bond donors (Lipinski definition) is 2. The molecule has 2 saturated carbocycles. The maximum absolute atomic E-state index is 12.8.